The average Bonchev–Trinajstić information content (AvgIpc) is 2.63. The van der Waals surface area contributed by atoms with Crippen LogP contribution in [-0.2, 0) is 0 Å². The minimum Gasteiger partial charge on any atom is -0.107 e. The van der Waals surface area contributed by atoms with Crippen LogP contribution in [0, 0.1) is 6.92 Å². The van der Waals surface area contributed by atoms with Gasteiger partial charge in [-0.1, -0.05) is 72.3 Å². The topological polar surface area (TPSA) is 0 Å². The molecular formula is C22H18S2. The zero-order chi connectivity index (χ0) is 16.4. The van der Waals surface area contributed by atoms with Crippen molar-refractivity contribution >= 4 is 29.1 Å². The lowest BCUT2D eigenvalue weighted by Crippen LogP contribution is -2.04. The van der Waals surface area contributed by atoms with Gasteiger partial charge in [0.1, 0.15) is 0 Å². The third-order valence-electron chi connectivity index (χ3n) is 4.08. The number of rotatable bonds is 3. The third kappa shape index (κ3) is 3.31. The highest BCUT2D eigenvalue weighted by Gasteiger charge is 2.21. The first kappa shape index (κ1) is 15.6. The normalized spacial score (nSPS) is 16.4. The van der Waals surface area contributed by atoms with Crippen LogP contribution in [-0.4, -0.2) is 4.58 Å². The maximum Gasteiger partial charge on any atom is 0.0785 e. The Balaban J connectivity index is 1.73. The van der Waals surface area contributed by atoms with Crippen LogP contribution in [0.4, 0.5) is 0 Å². The van der Waals surface area contributed by atoms with Gasteiger partial charge >= 0.3 is 0 Å². The van der Waals surface area contributed by atoms with Crippen LogP contribution in [0.1, 0.15) is 16.7 Å². The number of aryl methyl sites for hydroxylation is 1. The van der Waals surface area contributed by atoms with Crippen LogP contribution in [0.2, 0.25) is 0 Å². The number of fused-ring (bicyclic) bond motifs is 1. The van der Waals surface area contributed by atoms with Gasteiger partial charge in [-0.25, -0.2) is 0 Å². The molecular weight excluding hydrogens is 328 g/mol. The number of benzene rings is 3. The summed E-state index contributed by atoms with van der Waals surface area (Å²) in [4.78, 5) is 2.68. The lowest BCUT2D eigenvalue weighted by molar-refractivity contribution is 1.33. The molecule has 0 fully saturated rings. The molecule has 24 heavy (non-hydrogen) atoms. The maximum absolute atomic E-state index is 2.41. The van der Waals surface area contributed by atoms with E-state index in [2.05, 4.69) is 91.9 Å². The fraction of sp³-hybridized carbons (Fsp3) is 0.0909. The fourth-order valence-electron chi connectivity index (χ4n) is 2.85. The number of thioether (sulfide) groups is 2. The molecule has 1 unspecified atom stereocenters. The molecule has 0 radical (unpaired) electrons. The van der Waals surface area contributed by atoms with E-state index >= 15 is 0 Å². The van der Waals surface area contributed by atoms with Gasteiger partial charge in [0, 0.05) is 9.79 Å². The van der Waals surface area contributed by atoms with Crippen molar-refractivity contribution in [1.29, 1.82) is 0 Å². The molecule has 0 bridgehead atoms. The molecule has 0 nitrogen and oxygen atoms in total. The summed E-state index contributed by atoms with van der Waals surface area (Å²) in [5.74, 6) is 0. The summed E-state index contributed by atoms with van der Waals surface area (Å²) < 4.78 is 0.388. The quantitative estimate of drug-likeness (QED) is 0.520. The summed E-state index contributed by atoms with van der Waals surface area (Å²) in [7, 11) is 0. The molecule has 0 N–H and O–H groups in total. The summed E-state index contributed by atoms with van der Waals surface area (Å²) in [5, 5.41) is 0. The van der Waals surface area contributed by atoms with Gasteiger partial charge in [0.25, 0.3) is 0 Å². The Morgan fingerprint density at radius 2 is 1.50 bits per heavy atom. The third-order valence-corrected chi connectivity index (χ3v) is 6.55. The largest absolute Gasteiger partial charge is 0.107 e. The predicted octanol–water partition coefficient (Wildman–Crippen LogP) is 6.65. The van der Waals surface area contributed by atoms with E-state index in [0.717, 1.165) is 0 Å². The SMILES string of the molecule is Cc1ccc(C2=CC(Sc3ccccc3)Sc3ccccc32)cc1. The van der Waals surface area contributed by atoms with E-state index in [1.54, 1.807) is 0 Å². The van der Waals surface area contributed by atoms with Crippen LogP contribution < -0.4 is 0 Å². The van der Waals surface area contributed by atoms with Crippen LogP contribution >= 0.6 is 23.5 Å². The highest BCUT2D eigenvalue weighted by Crippen LogP contribution is 2.45. The van der Waals surface area contributed by atoms with Crippen molar-refractivity contribution in [2.24, 2.45) is 0 Å². The molecule has 0 amide bonds. The summed E-state index contributed by atoms with van der Waals surface area (Å²) in [6.45, 7) is 2.14. The number of hydrogen-bond donors (Lipinski definition) is 0. The fourth-order valence-corrected chi connectivity index (χ4v) is 5.39. The first-order valence-corrected chi connectivity index (χ1v) is 9.82. The molecule has 2 heteroatoms. The Bertz CT molecular complexity index is 864. The standard InChI is InChI=1S/C22H18S2/c1-16-11-13-17(14-12-16)20-15-22(23-18-7-3-2-4-8-18)24-21-10-6-5-9-19(20)21/h2-15,22H,1H3. The molecule has 3 aromatic rings. The summed E-state index contributed by atoms with van der Waals surface area (Å²) in [6, 6.07) is 28.2. The first-order chi connectivity index (χ1) is 11.8. The predicted molar refractivity (Wildman–Crippen MR) is 107 cm³/mol. The second-order valence-corrected chi connectivity index (χ2v) is 8.56. The summed E-state index contributed by atoms with van der Waals surface area (Å²) >= 11 is 3.86. The van der Waals surface area contributed by atoms with Crippen LogP contribution in [0.25, 0.3) is 5.57 Å². The van der Waals surface area contributed by atoms with E-state index in [-0.39, 0.29) is 0 Å². The monoisotopic (exact) mass is 346 g/mol. The molecule has 0 saturated carbocycles. The molecule has 1 aliphatic rings. The van der Waals surface area contributed by atoms with Crippen molar-refractivity contribution in [1.82, 2.24) is 0 Å². The molecule has 0 aliphatic carbocycles. The summed E-state index contributed by atoms with van der Waals surface area (Å²) in [5.41, 5.74) is 5.29. The van der Waals surface area contributed by atoms with E-state index in [4.69, 9.17) is 0 Å². The Morgan fingerprint density at radius 3 is 2.29 bits per heavy atom. The van der Waals surface area contributed by atoms with E-state index in [0.29, 0.717) is 4.58 Å². The van der Waals surface area contributed by atoms with Gasteiger partial charge < -0.3 is 0 Å². The molecule has 3 aromatic carbocycles. The lowest BCUT2D eigenvalue weighted by atomic mass is 9.96. The van der Waals surface area contributed by atoms with Gasteiger partial charge in [-0.05, 0) is 41.8 Å². The second-order valence-electron chi connectivity index (χ2n) is 5.86. The maximum atomic E-state index is 2.41. The van der Waals surface area contributed by atoms with E-state index in [1.807, 2.05) is 23.5 Å². The van der Waals surface area contributed by atoms with Gasteiger partial charge in [0.05, 0.1) is 4.58 Å². The molecule has 0 aromatic heterocycles. The van der Waals surface area contributed by atoms with Crippen molar-refractivity contribution in [2.75, 3.05) is 0 Å². The minimum atomic E-state index is 0.388. The molecule has 1 atom stereocenters. The van der Waals surface area contributed by atoms with Gasteiger partial charge in [-0.2, -0.15) is 0 Å². The van der Waals surface area contributed by atoms with Gasteiger partial charge in [-0.15, -0.1) is 23.5 Å². The Morgan fingerprint density at radius 1 is 0.792 bits per heavy atom. The van der Waals surface area contributed by atoms with Gasteiger partial charge in [-0.3, -0.25) is 0 Å². The van der Waals surface area contributed by atoms with Crippen molar-refractivity contribution in [3.8, 4) is 0 Å². The van der Waals surface area contributed by atoms with E-state index in [1.165, 1.54) is 32.1 Å². The minimum absolute atomic E-state index is 0.388. The average molecular weight is 347 g/mol. The molecule has 118 valence electrons. The van der Waals surface area contributed by atoms with Gasteiger partial charge in [0.2, 0.25) is 0 Å². The lowest BCUT2D eigenvalue weighted by Gasteiger charge is -2.24. The highest BCUT2D eigenvalue weighted by atomic mass is 32.2. The van der Waals surface area contributed by atoms with Crippen molar-refractivity contribution in [2.45, 2.75) is 21.3 Å². The van der Waals surface area contributed by atoms with Crippen LogP contribution in [0.5, 0.6) is 0 Å². The van der Waals surface area contributed by atoms with Crippen molar-refractivity contribution in [3.05, 3.63) is 102 Å². The van der Waals surface area contributed by atoms with E-state index < -0.39 is 0 Å². The number of hydrogen-bond acceptors (Lipinski definition) is 2. The Labute approximate surface area is 152 Å². The van der Waals surface area contributed by atoms with Crippen LogP contribution in [0.15, 0.2) is 94.7 Å². The molecule has 4 rings (SSSR count). The van der Waals surface area contributed by atoms with E-state index in [9.17, 15) is 0 Å². The Hall–Kier alpha value is -1.90. The summed E-state index contributed by atoms with van der Waals surface area (Å²) in [6.07, 6.45) is 2.41. The molecule has 1 aliphatic heterocycles. The Kier molecular flexibility index (Phi) is 4.50. The zero-order valence-corrected chi connectivity index (χ0v) is 15.1. The highest BCUT2D eigenvalue weighted by molar-refractivity contribution is 8.17. The zero-order valence-electron chi connectivity index (χ0n) is 13.5. The smallest absolute Gasteiger partial charge is 0.0785 e. The molecule has 0 spiro atoms. The van der Waals surface area contributed by atoms with Crippen LogP contribution in [0.3, 0.4) is 0 Å². The molecule has 0 saturated heterocycles. The van der Waals surface area contributed by atoms with Gasteiger partial charge in [0.15, 0.2) is 0 Å². The molecule has 1 heterocycles. The van der Waals surface area contributed by atoms with Crippen molar-refractivity contribution < 1.29 is 0 Å². The van der Waals surface area contributed by atoms with Crippen molar-refractivity contribution in [3.63, 3.8) is 0 Å². The first-order valence-electron chi connectivity index (χ1n) is 8.06. The second kappa shape index (κ2) is 6.92.